The highest BCUT2D eigenvalue weighted by Gasteiger charge is 2.07. The number of alkyl halides is 1. The highest BCUT2D eigenvalue weighted by Crippen LogP contribution is 2.16. The molecule has 19 heavy (non-hydrogen) atoms. The summed E-state index contributed by atoms with van der Waals surface area (Å²) in [4.78, 5) is 11.6. The zero-order valence-corrected chi connectivity index (χ0v) is 11.7. The number of hydrogen-bond acceptors (Lipinski definition) is 3. The molecule has 0 saturated heterocycles. The molecule has 4 nitrogen and oxygen atoms in total. The molecule has 100 valence electrons. The summed E-state index contributed by atoms with van der Waals surface area (Å²) in [6.07, 6.45) is 1.41. The van der Waals surface area contributed by atoms with E-state index in [1.807, 2.05) is 38.1 Å². The van der Waals surface area contributed by atoms with E-state index in [2.05, 4.69) is 10.6 Å². The van der Waals surface area contributed by atoms with Gasteiger partial charge in [-0.05, 0) is 31.0 Å². The van der Waals surface area contributed by atoms with Crippen LogP contribution in [0.5, 0.6) is 0 Å². The number of carbonyl (C=O) groups excluding carboxylic acids is 1. The van der Waals surface area contributed by atoms with E-state index in [1.165, 1.54) is 6.20 Å². The van der Waals surface area contributed by atoms with Gasteiger partial charge in [-0.25, -0.2) is 0 Å². The molecular weight excluding hydrogens is 262 g/mol. The minimum absolute atomic E-state index is 0.0195. The van der Waals surface area contributed by atoms with Crippen molar-refractivity contribution in [2.24, 2.45) is 0 Å². The number of anilines is 1. The predicted octanol–water partition coefficient (Wildman–Crippen LogP) is 2.48. The highest BCUT2D eigenvalue weighted by atomic mass is 35.5. The van der Waals surface area contributed by atoms with Gasteiger partial charge < -0.3 is 10.6 Å². The molecule has 5 heteroatoms. The van der Waals surface area contributed by atoms with Crippen molar-refractivity contribution in [3.63, 3.8) is 0 Å². The number of halogens is 1. The van der Waals surface area contributed by atoms with Crippen molar-refractivity contribution in [3.8, 4) is 6.07 Å². The first-order valence-corrected chi connectivity index (χ1v) is 6.40. The zero-order chi connectivity index (χ0) is 14.3. The van der Waals surface area contributed by atoms with Crippen LogP contribution < -0.4 is 10.6 Å². The summed E-state index contributed by atoms with van der Waals surface area (Å²) < 4.78 is 0. The Morgan fingerprint density at radius 1 is 1.47 bits per heavy atom. The summed E-state index contributed by atoms with van der Waals surface area (Å²) in [5, 5.41) is 14.5. The molecule has 0 spiro atoms. The summed E-state index contributed by atoms with van der Waals surface area (Å²) in [7, 11) is 0. The number of rotatable bonds is 5. The fraction of sp³-hybridized carbons (Fsp3) is 0.286. The van der Waals surface area contributed by atoms with Gasteiger partial charge in [-0.2, -0.15) is 5.26 Å². The van der Waals surface area contributed by atoms with Crippen molar-refractivity contribution >= 4 is 23.2 Å². The van der Waals surface area contributed by atoms with E-state index in [0.29, 0.717) is 12.4 Å². The molecular formula is C14H16ClN3O. The number of nitriles is 1. The molecule has 1 rings (SSSR count). The number of aryl methyl sites for hydroxylation is 2. The fourth-order valence-electron chi connectivity index (χ4n) is 1.45. The quantitative estimate of drug-likeness (QED) is 0.494. The molecule has 0 aliphatic rings. The van der Waals surface area contributed by atoms with Crippen molar-refractivity contribution in [1.82, 2.24) is 5.32 Å². The third kappa shape index (κ3) is 4.65. The fourth-order valence-corrected chi connectivity index (χ4v) is 1.54. The van der Waals surface area contributed by atoms with Gasteiger partial charge in [-0.15, -0.1) is 11.6 Å². The molecule has 0 aliphatic heterocycles. The first-order chi connectivity index (χ1) is 9.08. The smallest absolute Gasteiger partial charge is 0.263 e. The Kier molecular flexibility index (Phi) is 5.91. The van der Waals surface area contributed by atoms with E-state index >= 15 is 0 Å². The predicted molar refractivity (Wildman–Crippen MR) is 77.0 cm³/mol. The minimum Gasteiger partial charge on any atom is -0.360 e. The Bertz CT molecular complexity index is 532. The van der Waals surface area contributed by atoms with Crippen molar-refractivity contribution in [1.29, 1.82) is 5.26 Å². The van der Waals surface area contributed by atoms with Gasteiger partial charge in [0.25, 0.3) is 5.91 Å². The van der Waals surface area contributed by atoms with Gasteiger partial charge >= 0.3 is 0 Å². The first-order valence-electron chi connectivity index (χ1n) is 5.86. The third-order valence-corrected chi connectivity index (χ3v) is 2.70. The van der Waals surface area contributed by atoms with E-state index in [9.17, 15) is 4.79 Å². The molecule has 0 bridgehead atoms. The van der Waals surface area contributed by atoms with Crippen molar-refractivity contribution in [3.05, 3.63) is 41.1 Å². The standard InChI is InChI=1S/C14H16ClN3O/c1-10-3-4-11(2)13(7-10)18-9-12(8-16)14(19)17-6-5-15/h3-4,7,9,18H,5-6H2,1-2H3,(H,17,19)/b12-9-. The number of amides is 1. The van der Waals surface area contributed by atoms with Crippen molar-refractivity contribution in [2.45, 2.75) is 13.8 Å². The topological polar surface area (TPSA) is 64.9 Å². The largest absolute Gasteiger partial charge is 0.360 e. The lowest BCUT2D eigenvalue weighted by Crippen LogP contribution is -2.26. The van der Waals surface area contributed by atoms with Crippen LogP contribution in [0.15, 0.2) is 30.0 Å². The van der Waals surface area contributed by atoms with Crippen LogP contribution in [0.1, 0.15) is 11.1 Å². The molecule has 1 amide bonds. The first kappa shape index (κ1) is 15.1. The maximum atomic E-state index is 11.6. The van der Waals surface area contributed by atoms with Crippen LogP contribution in [0.3, 0.4) is 0 Å². The Hall–Kier alpha value is -1.99. The van der Waals surface area contributed by atoms with E-state index in [0.717, 1.165) is 16.8 Å². The van der Waals surface area contributed by atoms with Gasteiger partial charge in [0.15, 0.2) is 0 Å². The molecule has 1 aromatic carbocycles. The summed E-state index contributed by atoms with van der Waals surface area (Å²) >= 11 is 5.47. The van der Waals surface area contributed by atoms with Crippen molar-refractivity contribution in [2.75, 3.05) is 17.7 Å². The second-order valence-electron chi connectivity index (χ2n) is 4.08. The summed E-state index contributed by atoms with van der Waals surface area (Å²) in [6, 6.07) is 7.79. The number of benzene rings is 1. The molecule has 0 unspecified atom stereocenters. The maximum absolute atomic E-state index is 11.6. The normalized spacial score (nSPS) is 10.7. The number of nitrogens with zero attached hydrogens (tertiary/aromatic N) is 1. The highest BCUT2D eigenvalue weighted by molar-refractivity contribution is 6.18. The Morgan fingerprint density at radius 3 is 2.84 bits per heavy atom. The second-order valence-corrected chi connectivity index (χ2v) is 4.46. The van der Waals surface area contributed by atoms with Gasteiger partial charge in [-0.1, -0.05) is 12.1 Å². The van der Waals surface area contributed by atoms with E-state index in [4.69, 9.17) is 16.9 Å². The molecule has 0 atom stereocenters. The van der Waals surface area contributed by atoms with Gasteiger partial charge in [0.2, 0.25) is 0 Å². The monoisotopic (exact) mass is 277 g/mol. The molecule has 0 aliphatic carbocycles. The van der Waals surface area contributed by atoms with Crippen LogP contribution in [0.25, 0.3) is 0 Å². The lowest BCUT2D eigenvalue weighted by atomic mass is 10.1. The molecule has 0 saturated carbocycles. The minimum atomic E-state index is -0.430. The van der Waals surface area contributed by atoms with Crippen molar-refractivity contribution < 1.29 is 4.79 Å². The number of carbonyl (C=O) groups is 1. The SMILES string of the molecule is Cc1ccc(C)c(N/C=C(/C#N)C(=O)NCCCl)c1. The Labute approximate surface area is 118 Å². The van der Waals surface area contributed by atoms with Gasteiger partial charge in [0.1, 0.15) is 11.6 Å². The molecule has 0 heterocycles. The Balaban J connectivity index is 2.80. The lowest BCUT2D eigenvalue weighted by Gasteiger charge is -2.07. The summed E-state index contributed by atoms with van der Waals surface area (Å²) in [6.45, 7) is 4.27. The Morgan fingerprint density at radius 2 is 2.21 bits per heavy atom. The summed E-state index contributed by atoms with van der Waals surface area (Å²) in [5.41, 5.74) is 3.04. The lowest BCUT2D eigenvalue weighted by molar-refractivity contribution is -0.117. The van der Waals surface area contributed by atoms with E-state index < -0.39 is 5.91 Å². The van der Waals surface area contributed by atoms with E-state index in [1.54, 1.807) is 0 Å². The van der Waals surface area contributed by atoms with E-state index in [-0.39, 0.29) is 5.57 Å². The van der Waals surface area contributed by atoms with Crippen LogP contribution in [-0.2, 0) is 4.79 Å². The molecule has 0 aromatic heterocycles. The zero-order valence-electron chi connectivity index (χ0n) is 11.0. The van der Waals surface area contributed by atoms with Crippen LogP contribution in [0, 0.1) is 25.2 Å². The van der Waals surface area contributed by atoms with Gasteiger partial charge in [0.05, 0.1) is 0 Å². The number of nitrogens with one attached hydrogen (secondary N) is 2. The maximum Gasteiger partial charge on any atom is 0.263 e. The van der Waals surface area contributed by atoms with Crippen LogP contribution >= 0.6 is 11.6 Å². The molecule has 0 radical (unpaired) electrons. The van der Waals surface area contributed by atoms with Gasteiger partial charge in [-0.3, -0.25) is 4.79 Å². The third-order valence-electron chi connectivity index (χ3n) is 2.51. The average molecular weight is 278 g/mol. The summed E-state index contributed by atoms with van der Waals surface area (Å²) in [5.74, 6) is -0.115. The van der Waals surface area contributed by atoms with Crippen LogP contribution in [-0.4, -0.2) is 18.3 Å². The van der Waals surface area contributed by atoms with Crippen LogP contribution in [0.2, 0.25) is 0 Å². The average Bonchev–Trinajstić information content (AvgIpc) is 2.40. The molecule has 1 aromatic rings. The molecule has 2 N–H and O–H groups in total. The number of hydrogen-bond donors (Lipinski definition) is 2. The second kappa shape index (κ2) is 7.45. The van der Waals surface area contributed by atoms with Gasteiger partial charge in [0, 0.05) is 24.3 Å². The van der Waals surface area contributed by atoms with Crippen LogP contribution in [0.4, 0.5) is 5.69 Å². The molecule has 0 fully saturated rings.